The van der Waals surface area contributed by atoms with Gasteiger partial charge in [0.25, 0.3) is 0 Å². The average Bonchev–Trinajstić information content (AvgIpc) is 2.49. The van der Waals surface area contributed by atoms with Crippen LogP contribution in [0.4, 0.5) is 0 Å². The molecule has 0 aromatic heterocycles. The summed E-state index contributed by atoms with van der Waals surface area (Å²) in [5.74, 6) is -0.966. The van der Waals surface area contributed by atoms with E-state index in [4.69, 9.17) is 5.11 Å². The Morgan fingerprint density at radius 3 is 1.91 bits per heavy atom. The summed E-state index contributed by atoms with van der Waals surface area (Å²) in [6.07, 6.45) is 10.5. The van der Waals surface area contributed by atoms with Crippen molar-refractivity contribution < 1.29 is 19.8 Å². The van der Waals surface area contributed by atoms with Crippen LogP contribution in [0.3, 0.4) is 0 Å². The van der Waals surface area contributed by atoms with E-state index in [0.29, 0.717) is 6.42 Å². The van der Waals surface area contributed by atoms with Crippen molar-refractivity contribution in [3.63, 3.8) is 0 Å². The third-order valence-electron chi connectivity index (χ3n) is 3.93. The molecule has 5 heteroatoms. The molecule has 136 valence electrons. The maximum atomic E-state index is 12.1. The van der Waals surface area contributed by atoms with Crippen LogP contribution in [0.1, 0.15) is 84.5 Å². The number of aliphatic hydroxyl groups excluding tert-OH is 1. The number of carbonyl (C=O) groups excluding carboxylic acids is 1. The standard InChI is InChI=1S/C18H35NO4/c1-3-4-5-6-7-8-9-10-11-12-17(21)19(15-16(2)20)14-13-18(22)23/h16,20H,3-15H2,1-2H3,(H,22,23). The van der Waals surface area contributed by atoms with Crippen molar-refractivity contribution in [3.05, 3.63) is 0 Å². The van der Waals surface area contributed by atoms with E-state index in [0.717, 1.165) is 19.3 Å². The molecular weight excluding hydrogens is 294 g/mol. The highest BCUT2D eigenvalue weighted by molar-refractivity contribution is 5.77. The Morgan fingerprint density at radius 1 is 0.913 bits per heavy atom. The number of unbranched alkanes of at least 4 members (excludes halogenated alkanes) is 8. The average molecular weight is 329 g/mol. The molecule has 0 radical (unpaired) electrons. The highest BCUT2D eigenvalue weighted by Gasteiger charge is 2.16. The van der Waals surface area contributed by atoms with Crippen molar-refractivity contribution in [2.75, 3.05) is 13.1 Å². The summed E-state index contributed by atoms with van der Waals surface area (Å²) in [5, 5.41) is 18.2. The predicted molar refractivity (Wildman–Crippen MR) is 92.4 cm³/mol. The van der Waals surface area contributed by atoms with Gasteiger partial charge in [0.1, 0.15) is 0 Å². The molecular formula is C18H35NO4. The highest BCUT2D eigenvalue weighted by atomic mass is 16.4. The van der Waals surface area contributed by atoms with Crippen LogP contribution >= 0.6 is 0 Å². The first-order valence-corrected chi connectivity index (χ1v) is 9.15. The lowest BCUT2D eigenvalue weighted by molar-refractivity contribution is -0.139. The molecule has 0 aromatic rings. The topological polar surface area (TPSA) is 77.8 Å². The molecule has 0 saturated carbocycles. The van der Waals surface area contributed by atoms with Gasteiger partial charge in [0.15, 0.2) is 0 Å². The van der Waals surface area contributed by atoms with E-state index in [1.807, 2.05) is 0 Å². The van der Waals surface area contributed by atoms with Crippen molar-refractivity contribution in [3.8, 4) is 0 Å². The number of hydrogen-bond acceptors (Lipinski definition) is 3. The van der Waals surface area contributed by atoms with Crippen LogP contribution in [0, 0.1) is 0 Å². The number of rotatable bonds is 15. The van der Waals surface area contributed by atoms with E-state index in [9.17, 15) is 14.7 Å². The van der Waals surface area contributed by atoms with E-state index in [-0.39, 0.29) is 25.4 Å². The SMILES string of the molecule is CCCCCCCCCCCC(=O)N(CCC(=O)O)CC(C)O. The normalized spacial score (nSPS) is 12.1. The fourth-order valence-corrected chi connectivity index (χ4v) is 2.61. The minimum absolute atomic E-state index is 0.0462. The smallest absolute Gasteiger partial charge is 0.305 e. The van der Waals surface area contributed by atoms with Crippen molar-refractivity contribution in [2.45, 2.75) is 90.6 Å². The number of hydrogen-bond donors (Lipinski definition) is 2. The highest BCUT2D eigenvalue weighted by Crippen LogP contribution is 2.11. The van der Waals surface area contributed by atoms with Gasteiger partial charge in [-0.3, -0.25) is 9.59 Å². The fourth-order valence-electron chi connectivity index (χ4n) is 2.61. The summed E-state index contributed by atoms with van der Waals surface area (Å²) >= 11 is 0. The first kappa shape index (κ1) is 21.9. The van der Waals surface area contributed by atoms with Crippen LogP contribution in [0.2, 0.25) is 0 Å². The Kier molecular flexibility index (Phi) is 13.8. The van der Waals surface area contributed by atoms with Crippen LogP contribution in [0.5, 0.6) is 0 Å². The number of carboxylic acids is 1. The van der Waals surface area contributed by atoms with Gasteiger partial charge in [-0.1, -0.05) is 58.3 Å². The summed E-state index contributed by atoms with van der Waals surface area (Å²) in [7, 11) is 0. The number of nitrogens with zero attached hydrogens (tertiary/aromatic N) is 1. The first-order valence-electron chi connectivity index (χ1n) is 9.15. The van der Waals surface area contributed by atoms with Gasteiger partial charge in [-0.25, -0.2) is 0 Å². The minimum Gasteiger partial charge on any atom is -0.481 e. The fraction of sp³-hybridized carbons (Fsp3) is 0.889. The van der Waals surface area contributed by atoms with Crippen LogP contribution < -0.4 is 0 Å². The zero-order valence-corrected chi connectivity index (χ0v) is 14.9. The molecule has 1 amide bonds. The van der Waals surface area contributed by atoms with E-state index in [1.165, 1.54) is 43.4 Å². The van der Waals surface area contributed by atoms with Crippen LogP contribution in [0.15, 0.2) is 0 Å². The summed E-state index contributed by atoms with van der Waals surface area (Å²) in [5.41, 5.74) is 0. The Morgan fingerprint density at radius 2 is 1.43 bits per heavy atom. The molecule has 2 N–H and O–H groups in total. The second-order valence-corrected chi connectivity index (χ2v) is 6.41. The van der Waals surface area contributed by atoms with Gasteiger partial charge in [-0.2, -0.15) is 0 Å². The maximum absolute atomic E-state index is 12.1. The minimum atomic E-state index is -0.920. The zero-order valence-electron chi connectivity index (χ0n) is 14.9. The Labute approximate surface area is 141 Å². The molecule has 0 heterocycles. The van der Waals surface area contributed by atoms with Gasteiger partial charge >= 0.3 is 5.97 Å². The molecule has 0 saturated heterocycles. The van der Waals surface area contributed by atoms with Crippen molar-refractivity contribution in [1.82, 2.24) is 4.90 Å². The van der Waals surface area contributed by atoms with E-state index in [2.05, 4.69) is 6.92 Å². The quantitative estimate of drug-likeness (QED) is 0.450. The third-order valence-corrected chi connectivity index (χ3v) is 3.93. The van der Waals surface area contributed by atoms with Gasteiger partial charge in [0, 0.05) is 19.5 Å². The number of aliphatic hydroxyl groups is 1. The summed E-state index contributed by atoms with van der Waals surface area (Å²) in [4.78, 5) is 24.2. The molecule has 0 rings (SSSR count). The van der Waals surface area contributed by atoms with Gasteiger partial charge in [-0.05, 0) is 13.3 Å². The van der Waals surface area contributed by atoms with Gasteiger partial charge in [0.05, 0.1) is 12.5 Å². The molecule has 1 atom stereocenters. The summed E-state index contributed by atoms with van der Waals surface area (Å²) in [6.45, 7) is 4.22. The number of carboxylic acid groups (broad SMARTS) is 1. The van der Waals surface area contributed by atoms with Crippen LogP contribution in [0.25, 0.3) is 0 Å². The number of amides is 1. The number of carbonyl (C=O) groups is 2. The zero-order chi connectivity index (χ0) is 17.5. The van der Waals surface area contributed by atoms with Crippen molar-refractivity contribution in [2.24, 2.45) is 0 Å². The monoisotopic (exact) mass is 329 g/mol. The lowest BCUT2D eigenvalue weighted by Gasteiger charge is -2.23. The maximum Gasteiger partial charge on any atom is 0.305 e. The van der Waals surface area contributed by atoms with E-state index >= 15 is 0 Å². The molecule has 0 aliphatic heterocycles. The lowest BCUT2D eigenvalue weighted by Crippen LogP contribution is -2.37. The molecule has 0 spiro atoms. The molecule has 0 fully saturated rings. The van der Waals surface area contributed by atoms with Crippen LogP contribution in [-0.2, 0) is 9.59 Å². The molecule has 5 nitrogen and oxygen atoms in total. The first-order chi connectivity index (χ1) is 11.0. The molecule has 0 aliphatic carbocycles. The Hall–Kier alpha value is -1.10. The molecule has 1 unspecified atom stereocenters. The Balaban J connectivity index is 3.78. The van der Waals surface area contributed by atoms with Crippen molar-refractivity contribution in [1.29, 1.82) is 0 Å². The van der Waals surface area contributed by atoms with Gasteiger partial charge < -0.3 is 15.1 Å². The number of aliphatic carboxylic acids is 1. The van der Waals surface area contributed by atoms with Gasteiger partial charge in [-0.15, -0.1) is 0 Å². The van der Waals surface area contributed by atoms with Crippen LogP contribution in [-0.4, -0.2) is 46.2 Å². The molecule has 0 aliphatic rings. The Bertz CT molecular complexity index is 318. The summed E-state index contributed by atoms with van der Waals surface area (Å²) in [6, 6.07) is 0. The second-order valence-electron chi connectivity index (χ2n) is 6.41. The lowest BCUT2D eigenvalue weighted by atomic mass is 10.1. The van der Waals surface area contributed by atoms with E-state index in [1.54, 1.807) is 6.92 Å². The predicted octanol–water partition coefficient (Wildman–Crippen LogP) is 3.59. The third kappa shape index (κ3) is 14.2. The molecule has 0 aromatic carbocycles. The molecule has 23 heavy (non-hydrogen) atoms. The second kappa shape index (κ2) is 14.5. The summed E-state index contributed by atoms with van der Waals surface area (Å²) < 4.78 is 0. The van der Waals surface area contributed by atoms with E-state index < -0.39 is 12.1 Å². The van der Waals surface area contributed by atoms with Crippen molar-refractivity contribution >= 4 is 11.9 Å². The van der Waals surface area contributed by atoms with Gasteiger partial charge in [0.2, 0.25) is 5.91 Å². The largest absolute Gasteiger partial charge is 0.481 e. The molecule has 0 bridgehead atoms.